The lowest BCUT2D eigenvalue weighted by atomic mass is 9.92. The standard InChI is InChI=1S/C26H28N6O7/c27-26(35)23-17(9-14(12-28-23)29-16-3-1-2-4-18(16)33)30-21-11-20(39-31-21)15-13-37-25-19(34)10-22(38-24(15)25)32-5-7-36-8-6-32/h9-13,16,18,29,33H,1-8H2,(H2,27,35)(H,30,31)/t16-,18+/m1/s1. The summed E-state index contributed by atoms with van der Waals surface area (Å²) in [5.41, 5.74) is 6.90. The van der Waals surface area contributed by atoms with Crippen LogP contribution in [0.4, 0.5) is 23.1 Å². The van der Waals surface area contributed by atoms with Crippen molar-refractivity contribution in [2.75, 3.05) is 41.8 Å². The lowest BCUT2D eigenvalue weighted by Crippen LogP contribution is -2.36. The number of nitrogens with zero attached hydrogens (tertiary/aromatic N) is 3. The Kier molecular flexibility index (Phi) is 6.67. The number of fused-ring (bicyclic) bond motifs is 1. The Morgan fingerprint density at radius 2 is 1.95 bits per heavy atom. The molecule has 4 aromatic rings. The molecule has 4 aromatic heterocycles. The molecule has 1 saturated heterocycles. The molecule has 1 aliphatic heterocycles. The van der Waals surface area contributed by atoms with Gasteiger partial charge in [0, 0.05) is 19.2 Å². The SMILES string of the molecule is NC(=O)c1ncc(N[C@@H]2CCCC[C@@H]2O)cc1Nc1cc(-c2coc3c(=O)cc(N4CCOCC4)oc23)on1. The fourth-order valence-corrected chi connectivity index (χ4v) is 4.97. The van der Waals surface area contributed by atoms with Crippen LogP contribution in [0.15, 0.2) is 48.8 Å². The highest BCUT2D eigenvalue weighted by Gasteiger charge is 2.25. The summed E-state index contributed by atoms with van der Waals surface area (Å²) >= 11 is 0. The summed E-state index contributed by atoms with van der Waals surface area (Å²) in [6.07, 6.45) is 5.99. The molecule has 5 N–H and O–H groups in total. The number of anilines is 4. The predicted octanol–water partition coefficient (Wildman–Crippen LogP) is 2.83. The molecule has 13 heteroatoms. The number of primary amides is 1. The highest BCUT2D eigenvalue weighted by molar-refractivity contribution is 5.97. The molecular formula is C26H28N6O7. The van der Waals surface area contributed by atoms with Gasteiger partial charge in [0.05, 0.1) is 49.0 Å². The number of pyridine rings is 1. The molecular weight excluding hydrogens is 508 g/mol. The fourth-order valence-electron chi connectivity index (χ4n) is 4.97. The van der Waals surface area contributed by atoms with Gasteiger partial charge in [-0.2, -0.15) is 0 Å². The number of aliphatic hydroxyl groups is 1. The molecule has 1 saturated carbocycles. The Bertz CT molecular complexity index is 1550. The molecule has 0 bridgehead atoms. The maximum absolute atomic E-state index is 12.7. The summed E-state index contributed by atoms with van der Waals surface area (Å²) in [6, 6.07) is 4.56. The van der Waals surface area contributed by atoms with Crippen LogP contribution in [0.25, 0.3) is 22.5 Å². The normalized spacial score (nSPS) is 19.8. The van der Waals surface area contributed by atoms with Crippen molar-refractivity contribution in [3.05, 3.63) is 46.6 Å². The largest absolute Gasteiger partial charge is 0.456 e. The second-order valence-electron chi connectivity index (χ2n) is 9.64. The molecule has 2 atom stereocenters. The summed E-state index contributed by atoms with van der Waals surface area (Å²) in [5.74, 6) is 0.251. The minimum Gasteiger partial charge on any atom is -0.456 e. The van der Waals surface area contributed by atoms with Gasteiger partial charge in [-0.25, -0.2) is 4.98 Å². The summed E-state index contributed by atoms with van der Waals surface area (Å²) in [6.45, 7) is 2.28. The number of nitrogens with one attached hydrogen (secondary N) is 2. The first-order valence-electron chi connectivity index (χ1n) is 12.8. The van der Waals surface area contributed by atoms with Crippen LogP contribution in [-0.2, 0) is 4.74 Å². The number of rotatable bonds is 7. The zero-order chi connectivity index (χ0) is 26.9. The molecule has 204 valence electrons. The quantitative estimate of drug-likeness (QED) is 0.271. The van der Waals surface area contributed by atoms with Gasteiger partial charge in [-0.3, -0.25) is 9.59 Å². The number of carbonyl (C=O) groups is 1. The van der Waals surface area contributed by atoms with Crippen LogP contribution in [0.5, 0.6) is 0 Å². The fraction of sp³-hybridized carbons (Fsp3) is 0.385. The van der Waals surface area contributed by atoms with Crippen molar-refractivity contribution in [3.63, 3.8) is 0 Å². The zero-order valence-electron chi connectivity index (χ0n) is 21.0. The topological polar surface area (TPSA) is 182 Å². The molecule has 0 radical (unpaired) electrons. The van der Waals surface area contributed by atoms with Gasteiger partial charge in [0.1, 0.15) is 11.8 Å². The Morgan fingerprint density at radius 1 is 1.13 bits per heavy atom. The molecule has 0 spiro atoms. The van der Waals surface area contributed by atoms with E-state index in [0.29, 0.717) is 49.1 Å². The molecule has 0 aromatic carbocycles. The molecule has 1 aliphatic carbocycles. The minimum absolute atomic E-state index is 0.0178. The monoisotopic (exact) mass is 536 g/mol. The minimum atomic E-state index is -0.719. The van der Waals surface area contributed by atoms with E-state index in [2.05, 4.69) is 20.8 Å². The number of carbonyl (C=O) groups excluding carboxylic acids is 1. The maximum Gasteiger partial charge on any atom is 0.269 e. The Hall–Kier alpha value is -4.36. The molecule has 2 fully saturated rings. The predicted molar refractivity (Wildman–Crippen MR) is 141 cm³/mol. The van der Waals surface area contributed by atoms with Crippen molar-refractivity contribution in [3.8, 4) is 11.3 Å². The molecule has 1 amide bonds. The first kappa shape index (κ1) is 24.9. The van der Waals surface area contributed by atoms with Crippen LogP contribution in [0, 0.1) is 0 Å². The van der Waals surface area contributed by atoms with Crippen LogP contribution < -0.4 is 26.7 Å². The zero-order valence-corrected chi connectivity index (χ0v) is 21.0. The number of aliphatic hydroxyl groups excluding tert-OH is 1. The van der Waals surface area contributed by atoms with E-state index in [-0.39, 0.29) is 39.9 Å². The molecule has 6 rings (SSSR count). The van der Waals surface area contributed by atoms with E-state index >= 15 is 0 Å². The Balaban J connectivity index is 1.28. The van der Waals surface area contributed by atoms with E-state index in [4.69, 9.17) is 23.8 Å². The van der Waals surface area contributed by atoms with Gasteiger partial charge in [0.25, 0.3) is 5.91 Å². The van der Waals surface area contributed by atoms with Crippen LogP contribution in [0.1, 0.15) is 36.2 Å². The summed E-state index contributed by atoms with van der Waals surface area (Å²) in [7, 11) is 0. The number of furan rings is 1. The van der Waals surface area contributed by atoms with E-state index < -0.39 is 12.0 Å². The van der Waals surface area contributed by atoms with Crippen molar-refractivity contribution in [2.45, 2.75) is 37.8 Å². The first-order chi connectivity index (χ1) is 19.0. The number of aromatic nitrogens is 2. The number of ether oxygens (including phenoxy) is 1. The van der Waals surface area contributed by atoms with Crippen molar-refractivity contribution >= 4 is 40.2 Å². The maximum atomic E-state index is 12.7. The first-order valence-corrected chi connectivity index (χ1v) is 12.8. The lowest BCUT2D eigenvalue weighted by molar-refractivity contribution is 0.0996. The second kappa shape index (κ2) is 10.4. The van der Waals surface area contributed by atoms with Gasteiger partial charge in [-0.15, -0.1) is 0 Å². The van der Waals surface area contributed by atoms with Gasteiger partial charge < -0.3 is 44.5 Å². The third kappa shape index (κ3) is 5.05. The highest BCUT2D eigenvalue weighted by Crippen LogP contribution is 2.34. The van der Waals surface area contributed by atoms with E-state index in [0.717, 1.165) is 25.7 Å². The van der Waals surface area contributed by atoms with Crippen molar-refractivity contribution in [1.82, 2.24) is 10.1 Å². The molecule has 5 heterocycles. The van der Waals surface area contributed by atoms with Crippen LogP contribution in [0.2, 0.25) is 0 Å². The highest BCUT2D eigenvalue weighted by atomic mass is 16.5. The smallest absolute Gasteiger partial charge is 0.269 e. The number of hydrogen-bond donors (Lipinski definition) is 4. The van der Waals surface area contributed by atoms with Crippen molar-refractivity contribution in [1.29, 1.82) is 0 Å². The van der Waals surface area contributed by atoms with Crippen molar-refractivity contribution < 1.29 is 28.0 Å². The number of morpholine rings is 1. The molecule has 13 nitrogen and oxygen atoms in total. The molecule has 2 aliphatic rings. The van der Waals surface area contributed by atoms with Gasteiger partial charge in [0.15, 0.2) is 28.7 Å². The lowest BCUT2D eigenvalue weighted by Gasteiger charge is -2.29. The van der Waals surface area contributed by atoms with Gasteiger partial charge in [-0.1, -0.05) is 18.0 Å². The van der Waals surface area contributed by atoms with Crippen LogP contribution in [0.3, 0.4) is 0 Å². The summed E-state index contributed by atoms with van der Waals surface area (Å²) < 4.78 is 22.5. The van der Waals surface area contributed by atoms with Crippen LogP contribution in [-0.4, -0.2) is 59.6 Å². The number of hydrogen-bond acceptors (Lipinski definition) is 12. The average Bonchev–Trinajstić information content (AvgIpc) is 3.58. The van der Waals surface area contributed by atoms with Gasteiger partial charge in [0.2, 0.25) is 11.0 Å². The van der Waals surface area contributed by atoms with E-state index in [1.165, 1.54) is 18.5 Å². The average molecular weight is 537 g/mol. The number of nitrogens with two attached hydrogens (primary N) is 1. The van der Waals surface area contributed by atoms with Crippen LogP contribution >= 0.6 is 0 Å². The Morgan fingerprint density at radius 3 is 2.74 bits per heavy atom. The van der Waals surface area contributed by atoms with E-state index in [1.807, 2.05) is 4.90 Å². The molecule has 0 unspecified atom stereocenters. The van der Waals surface area contributed by atoms with Gasteiger partial charge >= 0.3 is 0 Å². The summed E-state index contributed by atoms with van der Waals surface area (Å²) in [5, 5.41) is 20.7. The Labute approximate surface area is 221 Å². The third-order valence-electron chi connectivity index (χ3n) is 6.99. The van der Waals surface area contributed by atoms with Gasteiger partial charge in [-0.05, 0) is 18.9 Å². The second-order valence-corrected chi connectivity index (χ2v) is 9.64. The number of amides is 1. The van der Waals surface area contributed by atoms with E-state index in [1.54, 1.807) is 12.1 Å². The molecule has 39 heavy (non-hydrogen) atoms. The van der Waals surface area contributed by atoms with E-state index in [9.17, 15) is 14.7 Å². The van der Waals surface area contributed by atoms with Crippen molar-refractivity contribution in [2.24, 2.45) is 5.73 Å². The third-order valence-corrected chi connectivity index (χ3v) is 6.99. The summed E-state index contributed by atoms with van der Waals surface area (Å²) in [4.78, 5) is 30.9.